The number of likely N-dealkylation sites (N-methyl/N-ethyl adjacent to an activating group) is 1. The average Bonchev–Trinajstić information content (AvgIpc) is 3.44. The number of hydrazone groups is 1. The third-order valence-electron chi connectivity index (χ3n) is 5.06. The van der Waals surface area contributed by atoms with Gasteiger partial charge < -0.3 is 4.90 Å². The minimum atomic E-state index is -0.657. The molecule has 5 nitrogen and oxygen atoms in total. The fraction of sp³-hybridized carbons (Fsp3) is 0.174. The van der Waals surface area contributed by atoms with Crippen LogP contribution in [-0.4, -0.2) is 41.0 Å². The molecule has 4 rings (SSSR count). The van der Waals surface area contributed by atoms with E-state index in [2.05, 4.69) is 5.10 Å². The van der Waals surface area contributed by atoms with Gasteiger partial charge in [0.1, 0.15) is 18.2 Å². The van der Waals surface area contributed by atoms with E-state index in [1.54, 1.807) is 24.3 Å². The molecule has 0 bridgehead atoms. The Labute approximate surface area is 182 Å². The van der Waals surface area contributed by atoms with Gasteiger partial charge in [0.15, 0.2) is 0 Å². The lowest BCUT2D eigenvalue weighted by Gasteiger charge is -2.25. The fourth-order valence-electron chi connectivity index (χ4n) is 3.51. The summed E-state index contributed by atoms with van der Waals surface area (Å²) in [6.07, 6.45) is 0.359. The standard InChI is InChI=1S/C23H19F2N3O2S/c1-27(23(30)16-8-3-5-10-18(16)25)14-22(29)28-20(15-7-2-4-9-17(15)24)13-19(26-28)21-11-6-12-31-21/h2-12,20H,13-14H2,1H3/t20-/m0/s1. The molecule has 2 heterocycles. The van der Waals surface area contributed by atoms with Crippen LogP contribution >= 0.6 is 11.3 Å². The summed E-state index contributed by atoms with van der Waals surface area (Å²) in [4.78, 5) is 27.7. The number of benzene rings is 2. The monoisotopic (exact) mass is 439 g/mol. The van der Waals surface area contributed by atoms with Crippen LogP contribution in [0.25, 0.3) is 0 Å². The molecule has 0 N–H and O–H groups in total. The summed E-state index contributed by atoms with van der Waals surface area (Å²) in [7, 11) is 1.42. The van der Waals surface area contributed by atoms with E-state index in [0.717, 1.165) is 9.78 Å². The lowest BCUT2D eigenvalue weighted by Crippen LogP contribution is -2.39. The molecule has 2 aromatic carbocycles. The molecule has 158 valence electrons. The number of hydrogen-bond acceptors (Lipinski definition) is 4. The highest BCUT2D eigenvalue weighted by molar-refractivity contribution is 7.12. The first-order valence-corrected chi connectivity index (χ1v) is 10.5. The van der Waals surface area contributed by atoms with E-state index in [1.807, 2.05) is 17.5 Å². The summed E-state index contributed by atoms with van der Waals surface area (Å²) in [5, 5.41) is 7.60. The molecule has 0 saturated carbocycles. The van der Waals surface area contributed by atoms with Crippen molar-refractivity contribution in [1.29, 1.82) is 0 Å². The summed E-state index contributed by atoms with van der Waals surface area (Å²) < 4.78 is 28.5. The molecule has 1 aromatic heterocycles. The van der Waals surface area contributed by atoms with Gasteiger partial charge in [-0.2, -0.15) is 5.10 Å². The Bertz CT molecular complexity index is 1150. The highest BCUT2D eigenvalue weighted by Crippen LogP contribution is 2.35. The topological polar surface area (TPSA) is 53.0 Å². The molecule has 31 heavy (non-hydrogen) atoms. The SMILES string of the molecule is CN(CC(=O)N1N=C(c2cccs2)C[C@H]1c1ccccc1F)C(=O)c1ccccc1F. The van der Waals surface area contributed by atoms with Crippen molar-refractivity contribution < 1.29 is 18.4 Å². The van der Waals surface area contributed by atoms with Crippen LogP contribution in [0.5, 0.6) is 0 Å². The van der Waals surface area contributed by atoms with Crippen molar-refractivity contribution in [1.82, 2.24) is 9.91 Å². The smallest absolute Gasteiger partial charge is 0.262 e. The van der Waals surface area contributed by atoms with E-state index in [0.29, 0.717) is 17.7 Å². The van der Waals surface area contributed by atoms with E-state index in [9.17, 15) is 18.4 Å². The van der Waals surface area contributed by atoms with E-state index >= 15 is 0 Å². The number of rotatable bonds is 5. The normalized spacial score (nSPS) is 15.6. The van der Waals surface area contributed by atoms with E-state index < -0.39 is 29.5 Å². The minimum Gasteiger partial charge on any atom is -0.332 e. The zero-order valence-corrected chi connectivity index (χ0v) is 17.5. The van der Waals surface area contributed by atoms with Crippen LogP contribution < -0.4 is 0 Å². The van der Waals surface area contributed by atoms with Crippen LogP contribution in [0.4, 0.5) is 8.78 Å². The molecule has 3 aromatic rings. The molecule has 2 amide bonds. The second-order valence-corrected chi connectivity index (χ2v) is 8.09. The van der Waals surface area contributed by atoms with Crippen molar-refractivity contribution in [3.63, 3.8) is 0 Å². The Morgan fingerprint density at radius 3 is 2.45 bits per heavy atom. The molecule has 0 radical (unpaired) electrons. The van der Waals surface area contributed by atoms with Crippen molar-refractivity contribution in [2.45, 2.75) is 12.5 Å². The number of carbonyl (C=O) groups is 2. The van der Waals surface area contributed by atoms with Crippen LogP contribution in [-0.2, 0) is 4.79 Å². The van der Waals surface area contributed by atoms with Crippen molar-refractivity contribution in [3.05, 3.63) is 93.7 Å². The maximum absolute atomic E-state index is 14.5. The number of carbonyl (C=O) groups excluding carboxylic acids is 2. The minimum absolute atomic E-state index is 0.118. The lowest BCUT2D eigenvalue weighted by molar-refractivity contribution is -0.133. The molecular weight excluding hydrogens is 420 g/mol. The summed E-state index contributed by atoms with van der Waals surface area (Å²) in [6, 6.07) is 15.0. The Hall–Kier alpha value is -3.39. The molecule has 1 atom stereocenters. The second-order valence-electron chi connectivity index (χ2n) is 7.14. The third kappa shape index (κ3) is 4.25. The van der Waals surface area contributed by atoms with E-state index in [4.69, 9.17) is 0 Å². The Balaban J connectivity index is 1.59. The second kappa shape index (κ2) is 8.77. The summed E-state index contributed by atoms with van der Waals surface area (Å²) in [5.74, 6) is -2.18. The molecule has 0 spiro atoms. The van der Waals surface area contributed by atoms with Gasteiger partial charge in [-0.05, 0) is 29.6 Å². The first-order chi connectivity index (χ1) is 15.0. The van der Waals surface area contributed by atoms with Crippen LogP contribution in [0.2, 0.25) is 0 Å². The van der Waals surface area contributed by atoms with Gasteiger partial charge in [-0.15, -0.1) is 11.3 Å². The van der Waals surface area contributed by atoms with E-state index in [-0.39, 0.29) is 12.1 Å². The van der Waals surface area contributed by atoms with Gasteiger partial charge in [0.05, 0.1) is 22.2 Å². The molecule has 1 aliphatic heterocycles. The number of hydrogen-bond donors (Lipinski definition) is 0. The quantitative estimate of drug-likeness (QED) is 0.589. The van der Waals surface area contributed by atoms with Crippen molar-refractivity contribution in [2.24, 2.45) is 5.10 Å². The zero-order valence-electron chi connectivity index (χ0n) is 16.7. The van der Waals surface area contributed by atoms with E-state index in [1.165, 1.54) is 47.7 Å². The predicted octanol–water partition coefficient (Wildman–Crippen LogP) is 4.48. The Morgan fingerprint density at radius 2 is 1.77 bits per heavy atom. The van der Waals surface area contributed by atoms with Gasteiger partial charge in [-0.3, -0.25) is 9.59 Å². The maximum Gasteiger partial charge on any atom is 0.262 e. The highest BCUT2D eigenvalue weighted by atomic mass is 32.1. The molecule has 0 unspecified atom stereocenters. The average molecular weight is 439 g/mol. The van der Waals surface area contributed by atoms with Crippen LogP contribution in [0.1, 0.15) is 33.3 Å². The summed E-state index contributed by atoms with van der Waals surface area (Å²) >= 11 is 1.48. The lowest BCUT2D eigenvalue weighted by atomic mass is 10.0. The highest BCUT2D eigenvalue weighted by Gasteiger charge is 2.35. The molecule has 0 fully saturated rings. The first kappa shape index (κ1) is 20.9. The zero-order chi connectivity index (χ0) is 22.0. The Kier molecular flexibility index (Phi) is 5.90. The van der Waals surface area contributed by atoms with Gasteiger partial charge in [-0.25, -0.2) is 13.8 Å². The number of halogens is 2. The molecule has 8 heteroatoms. The van der Waals surface area contributed by atoms with Crippen molar-refractivity contribution >= 4 is 28.9 Å². The predicted molar refractivity (Wildman–Crippen MR) is 115 cm³/mol. The molecule has 1 aliphatic rings. The summed E-state index contributed by atoms with van der Waals surface area (Å²) in [5.41, 5.74) is 0.918. The van der Waals surface area contributed by atoms with Crippen molar-refractivity contribution in [3.8, 4) is 0 Å². The fourth-order valence-corrected chi connectivity index (χ4v) is 4.23. The number of nitrogens with zero attached hydrogens (tertiary/aromatic N) is 3. The maximum atomic E-state index is 14.5. The van der Waals surface area contributed by atoms with Gasteiger partial charge in [0.25, 0.3) is 11.8 Å². The van der Waals surface area contributed by atoms with Gasteiger partial charge in [0, 0.05) is 19.0 Å². The van der Waals surface area contributed by atoms with Crippen LogP contribution in [0.3, 0.4) is 0 Å². The largest absolute Gasteiger partial charge is 0.332 e. The number of thiophene rings is 1. The van der Waals surface area contributed by atoms with Crippen molar-refractivity contribution in [2.75, 3.05) is 13.6 Å². The summed E-state index contributed by atoms with van der Waals surface area (Å²) in [6.45, 7) is -0.320. The molecule has 0 saturated heterocycles. The van der Waals surface area contributed by atoms with Gasteiger partial charge >= 0.3 is 0 Å². The number of amides is 2. The van der Waals surface area contributed by atoms with Gasteiger partial charge in [0.2, 0.25) is 0 Å². The van der Waals surface area contributed by atoms with Crippen LogP contribution in [0, 0.1) is 11.6 Å². The first-order valence-electron chi connectivity index (χ1n) is 9.63. The van der Waals surface area contributed by atoms with Crippen LogP contribution in [0.15, 0.2) is 71.1 Å². The third-order valence-corrected chi connectivity index (χ3v) is 5.98. The molecular formula is C23H19F2N3O2S. The van der Waals surface area contributed by atoms with Gasteiger partial charge in [-0.1, -0.05) is 36.4 Å². The molecule has 0 aliphatic carbocycles. The Morgan fingerprint density at radius 1 is 1.06 bits per heavy atom.